The largest absolute Gasteiger partial charge is 0.395 e. The SMILES string of the molecule is CCCCN(CCO)CC(=O)c1ccc(Cl)s1. The van der Waals surface area contributed by atoms with Gasteiger partial charge in [0.15, 0.2) is 5.78 Å². The predicted molar refractivity (Wildman–Crippen MR) is 72.1 cm³/mol. The summed E-state index contributed by atoms with van der Waals surface area (Å²) in [6.45, 7) is 3.95. The summed E-state index contributed by atoms with van der Waals surface area (Å²) in [5.74, 6) is 0.0754. The van der Waals surface area contributed by atoms with E-state index in [-0.39, 0.29) is 12.4 Å². The van der Waals surface area contributed by atoms with Crippen molar-refractivity contribution in [3.8, 4) is 0 Å². The first-order chi connectivity index (χ1) is 8.17. The number of thiophene rings is 1. The Kier molecular flexibility index (Phi) is 6.73. The Bertz CT molecular complexity index is 354. The third-order valence-electron chi connectivity index (χ3n) is 2.46. The van der Waals surface area contributed by atoms with Crippen molar-refractivity contribution in [2.45, 2.75) is 19.8 Å². The Morgan fingerprint density at radius 1 is 1.47 bits per heavy atom. The van der Waals surface area contributed by atoms with E-state index in [4.69, 9.17) is 16.7 Å². The molecule has 0 radical (unpaired) electrons. The van der Waals surface area contributed by atoms with Gasteiger partial charge in [0.05, 0.1) is 22.4 Å². The summed E-state index contributed by atoms with van der Waals surface area (Å²) in [7, 11) is 0. The van der Waals surface area contributed by atoms with Crippen molar-refractivity contribution in [3.63, 3.8) is 0 Å². The fourth-order valence-electron chi connectivity index (χ4n) is 1.54. The van der Waals surface area contributed by atoms with E-state index in [0.717, 1.165) is 19.4 Å². The summed E-state index contributed by atoms with van der Waals surface area (Å²) in [4.78, 5) is 14.6. The van der Waals surface area contributed by atoms with E-state index >= 15 is 0 Å². The Hall–Kier alpha value is -0.420. The van der Waals surface area contributed by atoms with Crippen LogP contribution in [0.4, 0.5) is 0 Å². The molecule has 5 heteroatoms. The van der Waals surface area contributed by atoms with E-state index in [1.54, 1.807) is 12.1 Å². The zero-order chi connectivity index (χ0) is 12.7. The second kappa shape index (κ2) is 7.82. The summed E-state index contributed by atoms with van der Waals surface area (Å²) >= 11 is 7.10. The topological polar surface area (TPSA) is 40.5 Å². The fraction of sp³-hybridized carbons (Fsp3) is 0.583. The van der Waals surface area contributed by atoms with Crippen molar-refractivity contribution in [1.82, 2.24) is 4.90 Å². The molecule has 17 heavy (non-hydrogen) atoms. The van der Waals surface area contributed by atoms with E-state index in [1.165, 1.54) is 11.3 Å². The average molecular weight is 276 g/mol. The zero-order valence-corrected chi connectivity index (χ0v) is 11.6. The van der Waals surface area contributed by atoms with Crippen LogP contribution < -0.4 is 0 Å². The van der Waals surface area contributed by atoms with Gasteiger partial charge < -0.3 is 5.11 Å². The van der Waals surface area contributed by atoms with Gasteiger partial charge in [0, 0.05) is 6.54 Å². The molecule has 1 heterocycles. The molecule has 0 spiro atoms. The zero-order valence-electron chi connectivity index (χ0n) is 9.99. The van der Waals surface area contributed by atoms with Crippen LogP contribution in [-0.2, 0) is 0 Å². The van der Waals surface area contributed by atoms with Gasteiger partial charge in [-0.05, 0) is 25.1 Å². The van der Waals surface area contributed by atoms with Crippen molar-refractivity contribution in [2.75, 3.05) is 26.2 Å². The van der Waals surface area contributed by atoms with Gasteiger partial charge in [0.25, 0.3) is 0 Å². The maximum absolute atomic E-state index is 11.9. The molecule has 0 atom stereocenters. The van der Waals surface area contributed by atoms with Crippen molar-refractivity contribution < 1.29 is 9.90 Å². The lowest BCUT2D eigenvalue weighted by Gasteiger charge is -2.19. The maximum Gasteiger partial charge on any atom is 0.186 e. The monoisotopic (exact) mass is 275 g/mol. The number of hydrogen-bond acceptors (Lipinski definition) is 4. The molecule has 0 fully saturated rings. The number of hydrogen-bond donors (Lipinski definition) is 1. The number of carbonyl (C=O) groups excluding carboxylic acids is 1. The van der Waals surface area contributed by atoms with Gasteiger partial charge in [-0.3, -0.25) is 9.69 Å². The second-order valence-corrected chi connectivity index (χ2v) is 5.60. The Balaban J connectivity index is 2.51. The number of carbonyl (C=O) groups is 1. The third-order valence-corrected chi connectivity index (χ3v) is 3.73. The molecule has 0 unspecified atom stereocenters. The van der Waals surface area contributed by atoms with Gasteiger partial charge >= 0.3 is 0 Å². The molecule has 3 nitrogen and oxygen atoms in total. The molecule has 0 aromatic carbocycles. The van der Waals surface area contributed by atoms with E-state index < -0.39 is 0 Å². The summed E-state index contributed by atoms with van der Waals surface area (Å²) in [5, 5.41) is 8.95. The van der Waals surface area contributed by atoms with E-state index in [0.29, 0.717) is 22.3 Å². The number of halogens is 1. The number of ketones is 1. The molecule has 1 aromatic heterocycles. The van der Waals surface area contributed by atoms with E-state index in [2.05, 4.69) is 6.92 Å². The van der Waals surface area contributed by atoms with Gasteiger partial charge in [-0.15, -0.1) is 11.3 Å². The molecule has 1 N–H and O–H groups in total. The lowest BCUT2D eigenvalue weighted by molar-refractivity contribution is 0.0917. The maximum atomic E-state index is 11.9. The summed E-state index contributed by atoms with van der Waals surface area (Å²) in [6.07, 6.45) is 2.12. The van der Waals surface area contributed by atoms with Crippen molar-refractivity contribution in [2.24, 2.45) is 0 Å². The minimum absolute atomic E-state index is 0.0754. The van der Waals surface area contributed by atoms with Crippen molar-refractivity contribution in [1.29, 1.82) is 0 Å². The van der Waals surface area contributed by atoms with Crippen LogP contribution in [0.25, 0.3) is 0 Å². The predicted octanol–water partition coefficient (Wildman–Crippen LogP) is 2.68. The van der Waals surface area contributed by atoms with Crippen molar-refractivity contribution >= 4 is 28.7 Å². The highest BCUT2D eigenvalue weighted by molar-refractivity contribution is 7.18. The molecule has 0 bridgehead atoms. The molecule has 1 aromatic rings. The van der Waals surface area contributed by atoms with Crippen LogP contribution in [-0.4, -0.2) is 42.0 Å². The number of Topliss-reactive ketones (excluding diaryl/α,β-unsaturated/α-hetero) is 1. The molecule has 0 amide bonds. The highest BCUT2D eigenvalue weighted by Crippen LogP contribution is 2.21. The minimum atomic E-state index is 0.0754. The van der Waals surface area contributed by atoms with Crippen molar-refractivity contribution in [3.05, 3.63) is 21.3 Å². The van der Waals surface area contributed by atoms with Crippen LogP contribution in [0.2, 0.25) is 4.34 Å². The first-order valence-electron chi connectivity index (χ1n) is 5.79. The number of aliphatic hydroxyl groups is 1. The molecular formula is C12H18ClNO2S. The Morgan fingerprint density at radius 3 is 2.76 bits per heavy atom. The smallest absolute Gasteiger partial charge is 0.186 e. The molecule has 0 saturated carbocycles. The lowest BCUT2D eigenvalue weighted by Crippen LogP contribution is -2.33. The second-order valence-electron chi connectivity index (χ2n) is 3.88. The summed E-state index contributed by atoms with van der Waals surface area (Å²) < 4.78 is 0.635. The molecule has 0 aliphatic rings. The van der Waals surface area contributed by atoms with Crippen LogP contribution in [0, 0.1) is 0 Å². The van der Waals surface area contributed by atoms with Gasteiger partial charge in [-0.25, -0.2) is 0 Å². The number of nitrogens with zero attached hydrogens (tertiary/aromatic N) is 1. The molecule has 0 aliphatic carbocycles. The molecule has 96 valence electrons. The standard InChI is InChI=1S/C12H18ClNO2S/c1-2-3-6-14(7-8-15)9-10(16)11-4-5-12(13)17-11/h4-5,15H,2-3,6-9H2,1H3. The lowest BCUT2D eigenvalue weighted by atomic mass is 10.2. The van der Waals surface area contributed by atoms with Crippen LogP contribution in [0.1, 0.15) is 29.4 Å². The molecule has 1 rings (SSSR count). The van der Waals surface area contributed by atoms with Gasteiger partial charge in [-0.2, -0.15) is 0 Å². The van der Waals surface area contributed by atoms with Crippen LogP contribution >= 0.6 is 22.9 Å². The van der Waals surface area contributed by atoms with Gasteiger partial charge in [0.1, 0.15) is 0 Å². The average Bonchev–Trinajstić information content (AvgIpc) is 2.73. The number of aliphatic hydroxyl groups excluding tert-OH is 1. The first-order valence-corrected chi connectivity index (χ1v) is 6.98. The van der Waals surface area contributed by atoms with Gasteiger partial charge in [-0.1, -0.05) is 24.9 Å². The Labute approximate surface area is 111 Å². The molecule has 0 saturated heterocycles. The summed E-state index contributed by atoms with van der Waals surface area (Å²) in [5.41, 5.74) is 0. The first kappa shape index (κ1) is 14.6. The highest BCUT2D eigenvalue weighted by Gasteiger charge is 2.13. The fourth-order valence-corrected chi connectivity index (χ4v) is 2.51. The third kappa shape index (κ3) is 5.17. The normalized spacial score (nSPS) is 11.1. The highest BCUT2D eigenvalue weighted by atomic mass is 35.5. The van der Waals surface area contributed by atoms with Crippen LogP contribution in [0.3, 0.4) is 0 Å². The minimum Gasteiger partial charge on any atom is -0.395 e. The van der Waals surface area contributed by atoms with Crippen LogP contribution in [0.15, 0.2) is 12.1 Å². The molecule has 0 aliphatic heterocycles. The summed E-state index contributed by atoms with van der Waals surface area (Å²) in [6, 6.07) is 3.49. The number of unbranched alkanes of at least 4 members (excludes halogenated alkanes) is 1. The van der Waals surface area contributed by atoms with E-state index in [1.807, 2.05) is 4.90 Å². The van der Waals surface area contributed by atoms with Crippen LogP contribution in [0.5, 0.6) is 0 Å². The van der Waals surface area contributed by atoms with Gasteiger partial charge in [0.2, 0.25) is 0 Å². The molecular weight excluding hydrogens is 258 g/mol. The Morgan fingerprint density at radius 2 is 2.24 bits per heavy atom. The number of rotatable bonds is 8. The quantitative estimate of drug-likeness (QED) is 0.742. The van der Waals surface area contributed by atoms with E-state index in [9.17, 15) is 4.79 Å².